The van der Waals surface area contributed by atoms with E-state index < -0.39 is 5.41 Å². The van der Waals surface area contributed by atoms with E-state index in [4.69, 9.17) is 4.74 Å². The Morgan fingerprint density at radius 2 is 1.68 bits per heavy atom. The molecule has 0 heterocycles. The fourth-order valence-corrected chi connectivity index (χ4v) is 2.80. The highest BCUT2D eigenvalue weighted by Crippen LogP contribution is 2.39. The van der Waals surface area contributed by atoms with Crippen molar-refractivity contribution in [2.75, 3.05) is 0 Å². The molecule has 19 heavy (non-hydrogen) atoms. The predicted octanol–water partition coefficient (Wildman–Crippen LogP) is 4.74. The molecule has 1 aliphatic carbocycles. The zero-order valence-corrected chi connectivity index (χ0v) is 13.3. The number of allylic oxidation sites excluding steroid dienone is 1. The molecule has 0 unspecified atom stereocenters. The fraction of sp³-hybridized carbons (Fsp3) is 0.824. The number of esters is 1. The van der Waals surface area contributed by atoms with Crippen molar-refractivity contribution < 1.29 is 9.53 Å². The van der Waals surface area contributed by atoms with Gasteiger partial charge in [0.05, 0.1) is 5.41 Å². The first-order valence-electron chi connectivity index (χ1n) is 7.49. The largest absolute Gasteiger partial charge is 0.462 e. The molecular formula is C17H30O2. The molecule has 0 radical (unpaired) electrons. The van der Waals surface area contributed by atoms with Gasteiger partial charge in [0, 0.05) is 0 Å². The van der Waals surface area contributed by atoms with Gasteiger partial charge in [-0.3, -0.25) is 4.79 Å². The standard InChI is InChI=1S/C17H30O2/c1-7-12-17(5,6)15(18)19-14-10-8-13(9-11-14)16(2,3)4/h7,13-14H,1,8-12H2,2-6H3. The van der Waals surface area contributed by atoms with Gasteiger partial charge in [-0.15, -0.1) is 6.58 Å². The van der Waals surface area contributed by atoms with Crippen LogP contribution in [0.25, 0.3) is 0 Å². The Hall–Kier alpha value is -0.790. The molecule has 0 amide bonds. The quantitative estimate of drug-likeness (QED) is 0.543. The lowest BCUT2D eigenvalue weighted by molar-refractivity contribution is -0.161. The summed E-state index contributed by atoms with van der Waals surface area (Å²) < 4.78 is 5.68. The van der Waals surface area contributed by atoms with Crippen molar-refractivity contribution in [1.82, 2.24) is 0 Å². The lowest BCUT2D eigenvalue weighted by atomic mass is 9.72. The normalized spacial score (nSPS) is 24.9. The summed E-state index contributed by atoms with van der Waals surface area (Å²) >= 11 is 0. The summed E-state index contributed by atoms with van der Waals surface area (Å²) in [5.41, 5.74) is -0.0697. The summed E-state index contributed by atoms with van der Waals surface area (Å²) in [7, 11) is 0. The van der Waals surface area contributed by atoms with Crippen molar-refractivity contribution in [1.29, 1.82) is 0 Å². The Morgan fingerprint density at radius 3 is 2.11 bits per heavy atom. The highest BCUT2D eigenvalue weighted by Gasteiger charge is 2.34. The van der Waals surface area contributed by atoms with Crippen molar-refractivity contribution in [2.45, 2.75) is 72.8 Å². The minimum atomic E-state index is -0.442. The maximum absolute atomic E-state index is 12.1. The highest BCUT2D eigenvalue weighted by atomic mass is 16.5. The fourth-order valence-electron chi connectivity index (χ4n) is 2.80. The Morgan fingerprint density at radius 1 is 1.16 bits per heavy atom. The minimum Gasteiger partial charge on any atom is -0.462 e. The molecule has 0 saturated heterocycles. The summed E-state index contributed by atoms with van der Waals surface area (Å²) in [6, 6.07) is 0. The van der Waals surface area contributed by atoms with E-state index in [9.17, 15) is 4.79 Å². The van der Waals surface area contributed by atoms with Gasteiger partial charge in [0.2, 0.25) is 0 Å². The summed E-state index contributed by atoms with van der Waals surface area (Å²) in [4.78, 5) is 12.1. The molecule has 0 bridgehead atoms. The molecule has 0 atom stereocenters. The van der Waals surface area contributed by atoms with Crippen LogP contribution in [-0.4, -0.2) is 12.1 Å². The molecule has 2 heteroatoms. The van der Waals surface area contributed by atoms with Gasteiger partial charge in [-0.05, 0) is 57.3 Å². The SMILES string of the molecule is C=CCC(C)(C)C(=O)OC1CCC(C(C)(C)C)CC1. The second-order valence-electron chi connectivity index (χ2n) is 7.62. The van der Waals surface area contributed by atoms with Gasteiger partial charge < -0.3 is 4.74 Å². The predicted molar refractivity (Wildman–Crippen MR) is 79.9 cm³/mol. The van der Waals surface area contributed by atoms with Gasteiger partial charge in [-0.25, -0.2) is 0 Å². The Balaban J connectivity index is 2.45. The average molecular weight is 266 g/mol. The third kappa shape index (κ3) is 4.67. The molecule has 0 N–H and O–H groups in total. The third-order valence-corrected chi connectivity index (χ3v) is 4.38. The third-order valence-electron chi connectivity index (χ3n) is 4.38. The maximum atomic E-state index is 12.1. The van der Waals surface area contributed by atoms with Crippen LogP contribution in [0.15, 0.2) is 12.7 Å². The molecule has 0 aliphatic heterocycles. The van der Waals surface area contributed by atoms with Crippen LogP contribution in [0.5, 0.6) is 0 Å². The molecule has 1 saturated carbocycles. The lowest BCUT2D eigenvalue weighted by Gasteiger charge is -2.37. The van der Waals surface area contributed by atoms with E-state index in [0.29, 0.717) is 11.8 Å². The van der Waals surface area contributed by atoms with Crippen LogP contribution in [0.1, 0.15) is 66.7 Å². The Kier molecular flexibility index (Phi) is 5.23. The van der Waals surface area contributed by atoms with Gasteiger partial charge in [0.1, 0.15) is 6.10 Å². The van der Waals surface area contributed by atoms with Crippen LogP contribution in [0, 0.1) is 16.7 Å². The molecular weight excluding hydrogens is 236 g/mol. The first kappa shape index (κ1) is 16.3. The van der Waals surface area contributed by atoms with Crippen molar-refractivity contribution in [3.8, 4) is 0 Å². The van der Waals surface area contributed by atoms with Gasteiger partial charge in [-0.1, -0.05) is 26.8 Å². The molecule has 0 spiro atoms. The molecule has 0 aromatic heterocycles. The van der Waals surface area contributed by atoms with Gasteiger partial charge in [-0.2, -0.15) is 0 Å². The van der Waals surface area contributed by atoms with Gasteiger partial charge in [0.25, 0.3) is 0 Å². The summed E-state index contributed by atoms with van der Waals surface area (Å²) in [5, 5.41) is 0. The Bertz CT molecular complexity index is 315. The van der Waals surface area contributed by atoms with E-state index in [-0.39, 0.29) is 12.1 Å². The molecule has 2 nitrogen and oxygen atoms in total. The van der Waals surface area contributed by atoms with Crippen molar-refractivity contribution in [3.05, 3.63) is 12.7 Å². The second kappa shape index (κ2) is 6.11. The van der Waals surface area contributed by atoms with Crippen LogP contribution in [-0.2, 0) is 9.53 Å². The van der Waals surface area contributed by atoms with Crippen molar-refractivity contribution in [3.63, 3.8) is 0 Å². The van der Waals surface area contributed by atoms with E-state index >= 15 is 0 Å². The monoisotopic (exact) mass is 266 g/mol. The van der Waals surface area contributed by atoms with Crippen LogP contribution < -0.4 is 0 Å². The smallest absolute Gasteiger partial charge is 0.312 e. The van der Waals surface area contributed by atoms with Crippen molar-refractivity contribution in [2.24, 2.45) is 16.7 Å². The first-order chi connectivity index (χ1) is 8.66. The molecule has 1 fully saturated rings. The summed E-state index contributed by atoms with van der Waals surface area (Å²) in [6.07, 6.45) is 6.94. The van der Waals surface area contributed by atoms with Crippen LogP contribution in [0.2, 0.25) is 0 Å². The number of rotatable bonds is 4. The number of hydrogen-bond acceptors (Lipinski definition) is 2. The molecule has 0 aromatic carbocycles. The number of carbonyl (C=O) groups excluding carboxylic acids is 1. The average Bonchev–Trinajstić information content (AvgIpc) is 2.28. The van der Waals surface area contributed by atoms with Crippen LogP contribution in [0.3, 0.4) is 0 Å². The first-order valence-corrected chi connectivity index (χ1v) is 7.49. The van der Waals surface area contributed by atoms with Crippen LogP contribution in [0.4, 0.5) is 0 Å². The second-order valence-corrected chi connectivity index (χ2v) is 7.62. The zero-order chi connectivity index (χ0) is 14.7. The molecule has 1 rings (SSSR count). The molecule has 1 aliphatic rings. The van der Waals surface area contributed by atoms with E-state index in [2.05, 4.69) is 27.4 Å². The van der Waals surface area contributed by atoms with E-state index in [0.717, 1.165) is 18.8 Å². The maximum Gasteiger partial charge on any atom is 0.312 e. The number of carbonyl (C=O) groups is 1. The summed E-state index contributed by atoms with van der Waals surface area (Å²) in [5.74, 6) is 0.676. The summed E-state index contributed by atoms with van der Waals surface area (Å²) in [6.45, 7) is 14.5. The lowest BCUT2D eigenvalue weighted by Crippen LogP contribution is -2.34. The minimum absolute atomic E-state index is 0.0772. The van der Waals surface area contributed by atoms with E-state index in [1.54, 1.807) is 6.08 Å². The Labute approximate surface area is 118 Å². The molecule has 0 aromatic rings. The van der Waals surface area contributed by atoms with Gasteiger partial charge in [0.15, 0.2) is 0 Å². The zero-order valence-electron chi connectivity index (χ0n) is 13.3. The topological polar surface area (TPSA) is 26.3 Å². The van der Waals surface area contributed by atoms with Crippen LogP contribution >= 0.6 is 0 Å². The highest BCUT2D eigenvalue weighted by molar-refractivity contribution is 5.76. The molecule has 110 valence electrons. The van der Waals surface area contributed by atoms with E-state index in [1.807, 2.05) is 13.8 Å². The van der Waals surface area contributed by atoms with Gasteiger partial charge >= 0.3 is 5.97 Å². The number of hydrogen-bond donors (Lipinski definition) is 0. The number of ether oxygens (including phenoxy) is 1. The van der Waals surface area contributed by atoms with E-state index in [1.165, 1.54) is 12.8 Å². The van der Waals surface area contributed by atoms with Crippen molar-refractivity contribution >= 4 is 5.97 Å².